The minimum Gasteiger partial charge on any atom is -0.366 e. The molecule has 0 saturated carbocycles. The maximum Gasteiger partial charge on any atom is 0.101 e. The maximum atomic E-state index is 6.91. The fourth-order valence-corrected chi connectivity index (χ4v) is 8.33. The maximum absolute atomic E-state index is 6.91. The van der Waals surface area contributed by atoms with Gasteiger partial charge in [-0.3, -0.25) is 0 Å². The molecule has 0 fully saturated rings. The van der Waals surface area contributed by atoms with E-state index in [1.807, 2.05) is 18.2 Å². The Morgan fingerprint density at radius 1 is 0.566 bits per heavy atom. The van der Waals surface area contributed by atoms with Crippen molar-refractivity contribution >= 4 is 27.2 Å². The first-order valence-electron chi connectivity index (χ1n) is 18.6. The summed E-state index contributed by atoms with van der Waals surface area (Å²) in [4.78, 5) is 0. The first-order valence-corrected chi connectivity index (χ1v) is 18.6. The van der Waals surface area contributed by atoms with Crippen LogP contribution in [0.4, 0.5) is 0 Å². The highest BCUT2D eigenvalue weighted by Gasteiger charge is 2.37. The van der Waals surface area contributed by atoms with Crippen molar-refractivity contribution in [3.05, 3.63) is 210 Å². The quantitative estimate of drug-likeness (QED) is 0.157. The standard InChI is InChI=1S/C51H42N2/c1-51(2)46-25-13-24-44(49(46)45-32-38-17-6-7-18-39(38)33-47(45)51)42-21-10-11-22-43(42)48(53-50(52)37-15-4-3-5-16-37)31-28-34-26-29-36(30-27-34)41-23-12-19-35-14-8-9-20-40(35)41/h3-27,29-33,50,53H,28,52H2,1-2H3/b48-31-. The Kier molecular flexibility index (Phi) is 8.26. The molecule has 0 aliphatic heterocycles. The Bertz CT molecular complexity index is 2640. The average Bonchev–Trinajstić information content (AvgIpc) is 3.44. The lowest BCUT2D eigenvalue weighted by Gasteiger charge is -2.23. The number of nitrogens with two attached hydrogens (primary N) is 1. The smallest absolute Gasteiger partial charge is 0.101 e. The van der Waals surface area contributed by atoms with Crippen molar-refractivity contribution in [2.45, 2.75) is 31.8 Å². The fraction of sp³-hybridized carbons (Fsp3) is 0.0980. The lowest BCUT2D eigenvalue weighted by Crippen LogP contribution is -2.27. The first-order chi connectivity index (χ1) is 26.0. The zero-order chi connectivity index (χ0) is 35.9. The largest absolute Gasteiger partial charge is 0.366 e. The molecule has 0 spiro atoms. The molecule has 0 saturated heterocycles. The molecule has 9 rings (SSSR count). The van der Waals surface area contributed by atoms with Crippen LogP contribution < -0.4 is 11.1 Å². The zero-order valence-corrected chi connectivity index (χ0v) is 30.2. The van der Waals surface area contributed by atoms with Gasteiger partial charge in [0.05, 0.1) is 0 Å². The van der Waals surface area contributed by atoms with Gasteiger partial charge in [0.2, 0.25) is 0 Å². The minimum atomic E-state index is -0.378. The number of hydrogen-bond acceptors (Lipinski definition) is 2. The Labute approximate surface area is 312 Å². The third-order valence-corrected chi connectivity index (χ3v) is 11.1. The normalized spacial score (nSPS) is 13.8. The van der Waals surface area contributed by atoms with E-state index in [0.717, 1.165) is 23.2 Å². The van der Waals surface area contributed by atoms with Gasteiger partial charge in [-0.25, -0.2) is 0 Å². The van der Waals surface area contributed by atoms with Gasteiger partial charge in [0.25, 0.3) is 0 Å². The third-order valence-electron chi connectivity index (χ3n) is 11.1. The van der Waals surface area contributed by atoms with Gasteiger partial charge in [-0.15, -0.1) is 0 Å². The zero-order valence-electron chi connectivity index (χ0n) is 30.2. The second kappa shape index (κ2) is 13.4. The highest BCUT2D eigenvalue weighted by molar-refractivity contribution is 6.00. The number of rotatable bonds is 8. The summed E-state index contributed by atoms with van der Waals surface area (Å²) in [6.07, 6.45) is 2.68. The molecule has 2 nitrogen and oxygen atoms in total. The Balaban J connectivity index is 1.13. The predicted molar refractivity (Wildman–Crippen MR) is 225 cm³/mol. The van der Waals surface area contributed by atoms with E-state index in [2.05, 4.69) is 183 Å². The van der Waals surface area contributed by atoms with E-state index >= 15 is 0 Å². The molecule has 256 valence electrons. The summed E-state index contributed by atoms with van der Waals surface area (Å²) in [6.45, 7) is 4.72. The Morgan fingerprint density at radius 3 is 2.00 bits per heavy atom. The van der Waals surface area contributed by atoms with Gasteiger partial charge in [-0.1, -0.05) is 184 Å². The second-order valence-electron chi connectivity index (χ2n) is 14.7. The summed E-state index contributed by atoms with van der Waals surface area (Å²) in [5.41, 5.74) is 21.5. The van der Waals surface area contributed by atoms with E-state index in [9.17, 15) is 0 Å². The molecular formula is C51H42N2. The van der Waals surface area contributed by atoms with Crippen LogP contribution in [-0.2, 0) is 11.8 Å². The molecule has 53 heavy (non-hydrogen) atoms. The van der Waals surface area contributed by atoms with Gasteiger partial charge in [-0.05, 0) is 95.7 Å². The predicted octanol–water partition coefficient (Wildman–Crippen LogP) is 12.5. The molecule has 0 radical (unpaired) electrons. The van der Waals surface area contributed by atoms with Crippen LogP contribution in [0.5, 0.6) is 0 Å². The summed E-state index contributed by atoms with van der Waals surface area (Å²) < 4.78 is 0. The van der Waals surface area contributed by atoms with Crippen LogP contribution in [0, 0.1) is 0 Å². The SMILES string of the molecule is CC1(C)c2cc3ccccc3cc2-c2c(-c3ccccc3/C(=C/Cc3ccc(-c4cccc5ccccc45)cc3)NC(N)c3ccccc3)cccc21. The molecule has 8 aromatic rings. The molecule has 1 aliphatic carbocycles. The summed E-state index contributed by atoms with van der Waals surface area (Å²) in [7, 11) is 0. The van der Waals surface area contributed by atoms with Crippen molar-refractivity contribution in [1.29, 1.82) is 0 Å². The van der Waals surface area contributed by atoms with E-state index in [0.29, 0.717) is 0 Å². The van der Waals surface area contributed by atoms with Crippen molar-refractivity contribution in [3.8, 4) is 33.4 Å². The number of benzene rings is 8. The van der Waals surface area contributed by atoms with Gasteiger partial charge >= 0.3 is 0 Å². The monoisotopic (exact) mass is 682 g/mol. The summed E-state index contributed by atoms with van der Waals surface area (Å²) in [5.74, 6) is 0. The van der Waals surface area contributed by atoms with Gasteiger partial charge < -0.3 is 11.1 Å². The molecule has 1 aliphatic rings. The molecule has 0 aromatic heterocycles. The highest BCUT2D eigenvalue weighted by atomic mass is 15.0. The van der Waals surface area contributed by atoms with Crippen LogP contribution in [0.25, 0.3) is 60.6 Å². The van der Waals surface area contributed by atoms with E-state index in [1.165, 1.54) is 71.6 Å². The van der Waals surface area contributed by atoms with E-state index in [4.69, 9.17) is 5.73 Å². The number of fused-ring (bicyclic) bond motifs is 5. The highest BCUT2D eigenvalue weighted by Crippen LogP contribution is 2.53. The van der Waals surface area contributed by atoms with Gasteiger partial charge in [0.15, 0.2) is 0 Å². The summed E-state index contributed by atoms with van der Waals surface area (Å²) in [6, 6.07) is 63.5. The molecule has 0 heterocycles. The number of hydrogen-bond donors (Lipinski definition) is 2. The second-order valence-corrected chi connectivity index (χ2v) is 14.7. The lowest BCUT2D eigenvalue weighted by molar-refractivity contribution is 0.661. The topological polar surface area (TPSA) is 38.0 Å². The molecule has 0 amide bonds. The Hall–Kier alpha value is -6.22. The molecule has 3 N–H and O–H groups in total. The van der Waals surface area contributed by atoms with Crippen LogP contribution in [-0.4, -0.2) is 0 Å². The van der Waals surface area contributed by atoms with Gasteiger partial charge in [0.1, 0.15) is 6.17 Å². The van der Waals surface area contributed by atoms with E-state index in [-0.39, 0.29) is 11.6 Å². The molecular weight excluding hydrogens is 641 g/mol. The van der Waals surface area contributed by atoms with Crippen molar-refractivity contribution < 1.29 is 0 Å². The van der Waals surface area contributed by atoms with E-state index < -0.39 is 0 Å². The summed E-state index contributed by atoms with van der Waals surface area (Å²) in [5, 5.41) is 8.82. The van der Waals surface area contributed by atoms with E-state index in [1.54, 1.807) is 0 Å². The van der Waals surface area contributed by atoms with Crippen LogP contribution in [0.2, 0.25) is 0 Å². The summed E-state index contributed by atoms with van der Waals surface area (Å²) >= 11 is 0. The molecule has 8 aromatic carbocycles. The lowest BCUT2D eigenvalue weighted by atomic mass is 9.81. The molecule has 2 heteroatoms. The van der Waals surface area contributed by atoms with Crippen LogP contribution in [0.3, 0.4) is 0 Å². The van der Waals surface area contributed by atoms with Crippen LogP contribution in [0.15, 0.2) is 182 Å². The van der Waals surface area contributed by atoms with Crippen molar-refractivity contribution in [2.24, 2.45) is 5.73 Å². The number of allylic oxidation sites excluding steroid dienone is 1. The molecule has 1 atom stereocenters. The molecule has 0 bridgehead atoms. The minimum absolute atomic E-state index is 0.121. The Morgan fingerprint density at radius 2 is 1.19 bits per heavy atom. The average molecular weight is 683 g/mol. The third kappa shape index (κ3) is 5.92. The van der Waals surface area contributed by atoms with Crippen molar-refractivity contribution in [2.75, 3.05) is 0 Å². The van der Waals surface area contributed by atoms with Crippen molar-refractivity contribution in [1.82, 2.24) is 5.32 Å². The van der Waals surface area contributed by atoms with Crippen LogP contribution in [0.1, 0.15) is 47.8 Å². The van der Waals surface area contributed by atoms with Crippen LogP contribution >= 0.6 is 0 Å². The van der Waals surface area contributed by atoms with Gasteiger partial charge in [0, 0.05) is 16.7 Å². The van der Waals surface area contributed by atoms with Crippen molar-refractivity contribution in [3.63, 3.8) is 0 Å². The fourth-order valence-electron chi connectivity index (χ4n) is 8.33. The first kappa shape index (κ1) is 32.7. The van der Waals surface area contributed by atoms with Gasteiger partial charge in [-0.2, -0.15) is 0 Å². The molecule has 1 unspecified atom stereocenters. The number of nitrogens with one attached hydrogen (secondary N) is 1.